The van der Waals surface area contributed by atoms with Crippen molar-refractivity contribution in [3.05, 3.63) is 27.7 Å². The number of aryl methyl sites for hydroxylation is 1. The van der Waals surface area contributed by atoms with Gasteiger partial charge >= 0.3 is 0 Å². The molecule has 1 aromatic carbocycles. The minimum atomic E-state index is 0.542. The molecule has 0 radical (unpaired) electrons. The maximum absolute atomic E-state index is 6.29. The van der Waals surface area contributed by atoms with Gasteiger partial charge in [0.25, 0.3) is 0 Å². The van der Waals surface area contributed by atoms with Gasteiger partial charge in [0, 0.05) is 24.2 Å². The third kappa shape index (κ3) is 2.34. The number of piperidine rings is 1. The van der Waals surface area contributed by atoms with Crippen molar-refractivity contribution < 1.29 is 0 Å². The molecular formula is C14H18Cl2N2. The SMILES string of the molecule is Cc1cc(Cl)c(NC2CCN3CCC2C3)cc1Cl. The van der Waals surface area contributed by atoms with Crippen molar-refractivity contribution in [2.24, 2.45) is 5.92 Å². The molecule has 2 saturated heterocycles. The topological polar surface area (TPSA) is 15.3 Å². The summed E-state index contributed by atoms with van der Waals surface area (Å²) in [5, 5.41) is 5.16. The van der Waals surface area contributed by atoms with Crippen LogP contribution < -0.4 is 5.32 Å². The van der Waals surface area contributed by atoms with Crippen molar-refractivity contribution in [2.45, 2.75) is 25.8 Å². The van der Waals surface area contributed by atoms with Gasteiger partial charge in [-0.15, -0.1) is 0 Å². The van der Waals surface area contributed by atoms with E-state index in [-0.39, 0.29) is 0 Å². The number of halogens is 2. The first-order valence-corrected chi connectivity index (χ1v) is 7.33. The molecule has 3 unspecified atom stereocenters. The Labute approximate surface area is 118 Å². The van der Waals surface area contributed by atoms with E-state index in [2.05, 4.69) is 10.2 Å². The van der Waals surface area contributed by atoms with Crippen molar-refractivity contribution in [1.29, 1.82) is 0 Å². The van der Waals surface area contributed by atoms with E-state index in [1.165, 1.54) is 32.5 Å². The van der Waals surface area contributed by atoms with Crippen LogP contribution in [0, 0.1) is 12.8 Å². The van der Waals surface area contributed by atoms with Gasteiger partial charge in [0.1, 0.15) is 0 Å². The summed E-state index contributed by atoms with van der Waals surface area (Å²) in [7, 11) is 0. The van der Waals surface area contributed by atoms with E-state index in [1.807, 2.05) is 19.1 Å². The normalized spacial score (nSPS) is 30.5. The van der Waals surface area contributed by atoms with Gasteiger partial charge in [-0.2, -0.15) is 0 Å². The molecule has 3 atom stereocenters. The summed E-state index contributed by atoms with van der Waals surface area (Å²) in [6, 6.07) is 4.44. The van der Waals surface area contributed by atoms with Crippen LogP contribution in [0.5, 0.6) is 0 Å². The van der Waals surface area contributed by atoms with Crippen molar-refractivity contribution in [2.75, 3.05) is 25.0 Å². The fourth-order valence-corrected chi connectivity index (χ4v) is 3.53. The van der Waals surface area contributed by atoms with Gasteiger partial charge in [-0.25, -0.2) is 0 Å². The molecule has 0 amide bonds. The number of anilines is 1. The van der Waals surface area contributed by atoms with Gasteiger partial charge in [0.15, 0.2) is 0 Å². The van der Waals surface area contributed by atoms with Crippen molar-refractivity contribution in [3.8, 4) is 0 Å². The summed E-state index contributed by atoms with van der Waals surface area (Å²) in [6.07, 6.45) is 2.50. The first kappa shape index (κ1) is 12.6. The Balaban J connectivity index is 1.78. The minimum Gasteiger partial charge on any atom is -0.381 e. The molecule has 2 nitrogen and oxygen atoms in total. The van der Waals surface area contributed by atoms with E-state index in [4.69, 9.17) is 23.2 Å². The maximum Gasteiger partial charge on any atom is 0.0641 e. The number of rotatable bonds is 2. The van der Waals surface area contributed by atoms with Crippen molar-refractivity contribution in [1.82, 2.24) is 4.90 Å². The monoisotopic (exact) mass is 284 g/mol. The predicted octanol–water partition coefficient (Wildman–Crippen LogP) is 3.81. The molecule has 0 spiro atoms. The maximum atomic E-state index is 6.29. The number of benzene rings is 1. The molecule has 98 valence electrons. The molecule has 2 aliphatic heterocycles. The molecule has 2 heterocycles. The Bertz CT molecular complexity index is 461. The summed E-state index contributed by atoms with van der Waals surface area (Å²) in [4.78, 5) is 2.55. The molecule has 0 aliphatic carbocycles. The average Bonchev–Trinajstić information content (AvgIpc) is 2.72. The summed E-state index contributed by atoms with van der Waals surface area (Å²) in [5.41, 5.74) is 2.01. The lowest BCUT2D eigenvalue weighted by Gasteiger charge is -2.32. The Morgan fingerprint density at radius 3 is 2.78 bits per heavy atom. The molecule has 1 aromatic rings. The fourth-order valence-electron chi connectivity index (χ4n) is 3.10. The minimum absolute atomic E-state index is 0.542. The van der Waals surface area contributed by atoms with Crippen LogP contribution in [0.15, 0.2) is 12.1 Å². The van der Waals surface area contributed by atoms with Crippen LogP contribution in [-0.2, 0) is 0 Å². The van der Waals surface area contributed by atoms with Crippen LogP contribution in [-0.4, -0.2) is 30.6 Å². The van der Waals surface area contributed by atoms with E-state index < -0.39 is 0 Å². The number of hydrogen-bond acceptors (Lipinski definition) is 2. The van der Waals surface area contributed by atoms with E-state index >= 15 is 0 Å². The lowest BCUT2D eigenvalue weighted by Crippen LogP contribution is -2.39. The van der Waals surface area contributed by atoms with Gasteiger partial charge < -0.3 is 10.2 Å². The molecule has 0 aromatic heterocycles. The van der Waals surface area contributed by atoms with Crippen LogP contribution in [0.1, 0.15) is 18.4 Å². The van der Waals surface area contributed by atoms with E-state index in [1.54, 1.807) is 0 Å². The highest BCUT2D eigenvalue weighted by Gasteiger charge is 2.34. The zero-order valence-corrected chi connectivity index (χ0v) is 12.1. The van der Waals surface area contributed by atoms with Gasteiger partial charge in [-0.1, -0.05) is 23.2 Å². The zero-order valence-electron chi connectivity index (χ0n) is 10.5. The van der Waals surface area contributed by atoms with E-state index in [0.717, 1.165) is 27.2 Å². The first-order valence-electron chi connectivity index (χ1n) is 6.58. The van der Waals surface area contributed by atoms with Crippen LogP contribution in [0.3, 0.4) is 0 Å². The number of fused-ring (bicyclic) bond motifs is 2. The molecule has 1 N–H and O–H groups in total. The Morgan fingerprint density at radius 2 is 1.94 bits per heavy atom. The van der Waals surface area contributed by atoms with Gasteiger partial charge in [0.2, 0.25) is 0 Å². The third-order valence-corrected chi connectivity index (χ3v) is 4.94. The highest BCUT2D eigenvalue weighted by molar-refractivity contribution is 6.35. The number of nitrogens with one attached hydrogen (secondary N) is 1. The second-order valence-corrected chi connectivity index (χ2v) is 6.28. The summed E-state index contributed by atoms with van der Waals surface area (Å²) >= 11 is 12.5. The van der Waals surface area contributed by atoms with E-state index in [9.17, 15) is 0 Å². The molecule has 3 rings (SSSR count). The van der Waals surface area contributed by atoms with Gasteiger partial charge in [-0.3, -0.25) is 0 Å². The Hall–Kier alpha value is -0.440. The molecular weight excluding hydrogens is 267 g/mol. The molecule has 18 heavy (non-hydrogen) atoms. The zero-order chi connectivity index (χ0) is 12.7. The second-order valence-electron chi connectivity index (χ2n) is 5.47. The van der Waals surface area contributed by atoms with Crippen molar-refractivity contribution in [3.63, 3.8) is 0 Å². The molecule has 2 fully saturated rings. The second kappa shape index (κ2) is 4.92. The highest BCUT2D eigenvalue weighted by atomic mass is 35.5. The third-order valence-electron chi connectivity index (χ3n) is 4.22. The van der Waals surface area contributed by atoms with Gasteiger partial charge in [-0.05, 0) is 49.9 Å². The summed E-state index contributed by atoms with van der Waals surface area (Å²) < 4.78 is 0. The van der Waals surface area contributed by atoms with Crippen LogP contribution in [0.4, 0.5) is 5.69 Å². The number of nitrogens with zero attached hydrogens (tertiary/aromatic N) is 1. The quantitative estimate of drug-likeness (QED) is 0.889. The molecule has 2 aliphatic rings. The van der Waals surface area contributed by atoms with Crippen LogP contribution >= 0.6 is 23.2 Å². The first-order chi connectivity index (χ1) is 8.63. The molecule has 0 saturated carbocycles. The summed E-state index contributed by atoms with van der Waals surface area (Å²) in [5.74, 6) is 0.759. The van der Waals surface area contributed by atoms with Crippen molar-refractivity contribution >= 4 is 28.9 Å². The highest BCUT2D eigenvalue weighted by Crippen LogP contribution is 2.33. The lowest BCUT2D eigenvalue weighted by molar-refractivity contribution is 0.255. The largest absolute Gasteiger partial charge is 0.381 e. The molecule has 4 heteroatoms. The average molecular weight is 285 g/mol. The summed E-state index contributed by atoms with van der Waals surface area (Å²) in [6.45, 7) is 5.67. The van der Waals surface area contributed by atoms with Crippen LogP contribution in [0.25, 0.3) is 0 Å². The van der Waals surface area contributed by atoms with E-state index in [0.29, 0.717) is 6.04 Å². The van der Waals surface area contributed by atoms with Gasteiger partial charge in [0.05, 0.1) is 10.7 Å². The van der Waals surface area contributed by atoms with Crippen LogP contribution in [0.2, 0.25) is 10.0 Å². The fraction of sp³-hybridized carbons (Fsp3) is 0.571. The number of hydrogen-bond donors (Lipinski definition) is 1. The standard InChI is InChI=1S/C14H18Cl2N2/c1-9-6-12(16)14(7-11(9)15)17-13-3-5-18-4-2-10(13)8-18/h6-7,10,13,17H,2-5,8H2,1H3. The Morgan fingerprint density at radius 1 is 1.17 bits per heavy atom. The molecule has 2 bridgehead atoms. The lowest BCUT2D eigenvalue weighted by atomic mass is 9.94. The predicted molar refractivity (Wildman–Crippen MR) is 77.8 cm³/mol. The Kier molecular flexibility index (Phi) is 3.44. The smallest absolute Gasteiger partial charge is 0.0641 e.